The van der Waals surface area contributed by atoms with E-state index in [1.54, 1.807) is 6.07 Å². The first-order chi connectivity index (χ1) is 15.8. The van der Waals surface area contributed by atoms with Gasteiger partial charge in [-0.3, -0.25) is 4.90 Å². The number of fused-ring (bicyclic) bond motifs is 4. The first kappa shape index (κ1) is 22.2. The number of nitrogens with zero attached hydrogens (tertiary/aromatic N) is 1. The molecule has 0 aromatic heterocycles. The van der Waals surface area contributed by atoms with Crippen LogP contribution in [0.2, 0.25) is 0 Å². The van der Waals surface area contributed by atoms with Gasteiger partial charge in [0.2, 0.25) is 0 Å². The molecule has 0 saturated carbocycles. The average molecular weight is 453 g/mol. The van der Waals surface area contributed by atoms with Crippen molar-refractivity contribution in [2.45, 2.75) is 51.7 Å². The summed E-state index contributed by atoms with van der Waals surface area (Å²) in [5, 5.41) is 3.20. The van der Waals surface area contributed by atoms with Crippen LogP contribution in [-0.4, -0.2) is 43.8 Å². The van der Waals surface area contributed by atoms with E-state index in [1.165, 1.54) is 18.7 Å². The molecule has 176 valence electrons. The van der Waals surface area contributed by atoms with Crippen LogP contribution in [-0.2, 0) is 11.2 Å². The van der Waals surface area contributed by atoms with Crippen molar-refractivity contribution in [3.63, 3.8) is 0 Å². The molecule has 33 heavy (non-hydrogen) atoms. The number of alkyl carbamates (subject to hydrolysis) is 1. The van der Waals surface area contributed by atoms with Crippen molar-refractivity contribution in [1.82, 2.24) is 10.2 Å². The second kappa shape index (κ2) is 8.64. The molecule has 2 bridgehead atoms. The number of amides is 1. The number of piperidine rings is 3. The van der Waals surface area contributed by atoms with Crippen LogP contribution in [0.25, 0.3) is 11.1 Å². The Morgan fingerprint density at radius 1 is 1.12 bits per heavy atom. The number of ether oxygens (including phenoxy) is 2. The number of hydrogen-bond acceptors (Lipinski definition) is 4. The number of hydrogen-bond donors (Lipinski definition) is 1. The van der Waals surface area contributed by atoms with Gasteiger partial charge < -0.3 is 14.8 Å². The van der Waals surface area contributed by atoms with E-state index in [0.29, 0.717) is 5.92 Å². The molecule has 0 spiro atoms. The van der Waals surface area contributed by atoms with Crippen LogP contribution in [0.5, 0.6) is 5.75 Å². The van der Waals surface area contributed by atoms with Gasteiger partial charge in [-0.1, -0.05) is 38.1 Å². The third-order valence-corrected chi connectivity index (χ3v) is 7.88. The second-order valence-electron chi connectivity index (χ2n) is 10.4. The molecule has 3 fully saturated rings. The highest BCUT2D eigenvalue weighted by atomic mass is 19.1. The highest BCUT2D eigenvalue weighted by molar-refractivity contribution is 5.70. The van der Waals surface area contributed by atoms with E-state index in [4.69, 9.17) is 9.47 Å². The molecule has 1 aliphatic carbocycles. The SMILES string of the molecule is COc1ccc(-c2ccc3c(c2)CCC(C)(C)C3NC(=O)O[C@H]2CN3CCC2CC3)cc1F. The average Bonchev–Trinajstić information content (AvgIpc) is 2.81. The van der Waals surface area contributed by atoms with Crippen molar-refractivity contribution < 1.29 is 18.7 Å². The summed E-state index contributed by atoms with van der Waals surface area (Å²) < 4.78 is 25.2. The highest BCUT2D eigenvalue weighted by Crippen LogP contribution is 2.44. The van der Waals surface area contributed by atoms with E-state index < -0.39 is 0 Å². The quantitative estimate of drug-likeness (QED) is 0.681. The van der Waals surface area contributed by atoms with Gasteiger partial charge in [-0.05, 0) is 84.5 Å². The normalized spacial score (nSPS) is 27.5. The van der Waals surface area contributed by atoms with Crippen molar-refractivity contribution in [3.8, 4) is 16.9 Å². The van der Waals surface area contributed by atoms with Gasteiger partial charge in [-0.25, -0.2) is 9.18 Å². The molecule has 6 rings (SSSR count). The molecular weight excluding hydrogens is 419 g/mol. The van der Waals surface area contributed by atoms with Crippen LogP contribution >= 0.6 is 0 Å². The first-order valence-corrected chi connectivity index (χ1v) is 12.0. The molecule has 6 heteroatoms. The van der Waals surface area contributed by atoms with Gasteiger partial charge in [0.25, 0.3) is 0 Å². The van der Waals surface area contributed by atoms with E-state index >= 15 is 0 Å². The molecule has 2 aromatic rings. The zero-order valence-corrected chi connectivity index (χ0v) is 19.7. The Hall–Kier alpha value is -2.60. The van der Waals surface area contributed by atoms with Crippen LogP contribution in [0.3, 0.4) is 0 Å². The fourth-order valence-electron chi connectivity index (χ4n) is 5.76. The van der Waals surface area contributed by atoms with E-state index in [-0.39, 0.29) is 35.2 Å². The van der Waals surface area contributed by atoms with Crippen LogP contribution in [0.4, 0.5) is 9.18 Å². The predicted molar refractivity (Wildman–Crippen MR) is 126 cm³/mol. The summed E-state index contributed by atoms with van der Waals surface area (Å²) in [6.07, 6.45) is 3.77. The van der Waals surface area contributed by atoms with Crippen LogP contribution in [0.1, 0.15) is 50.3 Å². The molecule has 3 aliphatic heterocycles. The molecule has 1 N–H and O–H groups in total. The molecule has 1 amide bonds. The van der Waals surface area contributed by atoms with Gasteiger partial charge in [0, 0.05) is 6.54 Å². The lowest BCUT2D eigenvalue weighted by atomic mass is 9.70. The standard InChI is InChI=1S/C27H33FN2O3/c1-27(2)11-8-20-14-18(19-5-7-23(32-3)22(28)15-19)4-6-21(20)25(27)29-26(31)33-24-16-30-12-9-17(24)10-13-30/h4-7,14-15,17,24-25H,8-13,16H2,1-3H3,(H,29,31)/t24-,25?/m0/s1. The van der Waals surface area contributed by atoms with E-state index in [0.717, 1.165) is 62.0 Å². The van der Waals surface area contributed by atoms with Crippen molar-refractivity contribution in [1.29, 1.82) is 0 Å². The number of benzene rings is 2. The minimum atomic E-state index is -0.371. The van der Waals surface area contributed by atoms with Crippen LogP contribution < -0.4 is 10.1 Å². The number of nitrogens with one attached hydrogen (secondary N) is 1. The van der Waals surface area contributed by atoms with Gasteiger partial charge in [0.1, 0.15) is 6.10 Å². The topological polar surface area (TPSA) is 50.8 Å². The Kier molecular flexibility index (Phi) is 5.81. The van der Waals surface area contributed by atoms with Crippen molar-refractivity contribution in [3.05, 3.63) is 53.3 Å². The lowest BCUT2D eigenvalue weighted by molar-refractivity contribution is -0.0353. The van der Waals surface area contributed by atoms with E-state index in [2.05, 4.69) is 36.2 Å². The molecule has 1 unspecified atom stereocenters. The maximum absolute atomic E-state index is 14.2. The van der Waals surface area contributed by atoms with Crippen molar-refractivity contribution in [2.24, 2.45) is 11.3 Å². The Labute approximate surface area is 195 Å². The summed E-state index contributed by atoms with van der Waals surface area (Å²) in [5.41, 5.74) is 4.00. The summed E-state index contributed by atoms with van der Waals surface area (Å²) in [5.74, 6) is 0.355. The zero-order valence-electron chi connectivity index (χ0n) is 19.7. The van der Waals surface area contributed by atoms with Crippen LogP contribution in [0.15, 0.2) is 36.4 Å². The first-order valence-electron chi connectivity index (χ1n) is 12.0. The molecule has 0 radical (unpaired) electrons. The van der Waals surface area contributed by atoms with E-state index in [1.807, 2.05) is 12.1 Å². The lowest BCUT2D eigenvalue weighted by Crippen LogP contribution is -2.53. The van der Waals surface area contributed by atoms with Gasteiger partial charge in [-0.15, -0.1) is 0 Å². The molecule has 3 saturated heterocycles. The van der Waals surface area contributed by atoms with Gasteiger partial charge in [-0.2, -0.15) is 0 Å². The fourth-order valence-corrected chi connectivity index (χ4v) is 5.76. The minimum absolute atomic E-state index is 0.00832. The summed E-state index contributed by atoms with van der Waals surface area (Å²) in [4.78, 5) is 15.3. The van der Waals surface area contributed by atoms with Crippen LogP contribution in [0, 0.1) is 17.2 Å². The fraction of sp³-hybridized carbons (Fsp3) is 0.519. The summed E-state index contributed by atoms with van der Waals surface area (Å²) in [6, 6.07) is 11.1. The van der Waals surface area contributed by atoms with Gasteiger partial charge in [0.15, 0.2) is 11.6 Å². The van der Waals surface area contributed by atoms with Gasteiger partial charge >= 0.3 is 6.09 Å². The minimum Gasteiger partial charge on any atom is -0.494 e. The maximum atomic E-state index is 14.2. The Morgan fingerprint density at radius 2 is 1.85 bits per heavy atom. The van der Waals surface area contributed by atoms with Crippen molar-refractivity contribution in [2.75, 3.05) is 26.7 Å². The third-order valence-electron chi connectivity index (χ3n) is 7.88. The number of halogens is 1. The van der Waals surface area contributed by atoms with E-state index in [9.17, 15) is 9.18 Å². The molecule has 5 nitrogen and oxygen atoms in total. The lowest BCUT2D eigenvalue weighted by Gasteiger charge is -2.44. The number of carbonyl (C=O) groups is 1. The molecule has 2 aromatic carbocycles. The number of methoxy groups -OCH3 is 1. The largest absolute Gasteiger partial charge is 0.494 e. The predicted octanol–water partition coefficient (Wildman–Crippen LogP) is 5.34. The van der Waals surface area contributed by atoms with Gasteiger partial charge in [0.05, 0.1) is 13.2 Å². The smallest absolute Gasteiger partial charge is 0.407 e. The number of carbonyl (C=O) groups excluding carboxylic acids is 1. The molecular formula is C27H33FN2O3. The number of aryl methyl sites for hydroxylation is 1. The Bertz CT molecular complexity index is 1050. The Balaban J connectivity index is 1.35. The summed E-state index contributed by atoms with van der Waals surface area (Å²) in [6.45, 7) is 7.49. The molecule has 4 aliphatic rings. The second-order valence-corrected chi connectivity index (χ2v) is 10.4. The Morgan fingerprint density at radius 3 is 2.52 bits per heavy atom. The maximum Gasteiger partial charge on any atom is 0.407 e. The summed E-state index contributed by atoms with van der Waals surface area (Å²) in [7, 11) is 1.47. The monoisotopic (exact) mass is 452 g/mol. The third kappa shape index (κ3) is 4.33. The zero-order chi connectivity index (χ0) is 23.2. The van der Waals surface area contributed by atoms with Crippen molar-refractivity contribution >= 4 is 6.09 Å². The molecule has 2 atom stereocenters. The summed E-state index contributed by atoms with van der Waals surface area (Å²) >= 11 is 0. The highest BCUT2D eigenvalue weighted by Gasteiger charge is 2.40. The molecule has 3 heterocycles. The number of rotatable bonds is 4.